The number of rotatable bonds is 9. The number of carboxylic acid groups (broad SMARTS) is 1. The smallest absolute Gasteiger partial charge is 0.307 e. The molecule has 110 valence electrons. The van der Waals surface area contributed by atoms with Gasteiger partial charge in [-0.25, -0.2) is 0 Å². The zero-order chi connectivity index (χ0) is 14.5. The van der Waals surface area contributed by atoms with Crippen LogP contribution in [0.15, 0.2) is 0 Å². The van der Waals surface area contributed by atoms with E-state index in [1.807, 2.05) is 25.6 Å². The summed E-state index contributed by atoms with van der Waals surface area (Å²) in [6.45, 7) is 4.36. The topological polar surface area (TPSA) is 66.4 Å². The van der Waals surface area contributed by atoms with Crippen molar-refractivity contribution >= 4 is 23.6 Å². The number of aliphatic carboxylic acids is 1. The Hall–Kier alpha value is -0.710. The Morgan fingerprint density at radius 3 is 2.32 bits per heavy atom. The highest BCUT2D eigenvalue weighted by molar-refractivity contribution is 7.98. The molecule has 2 unspecified atom stereocenters. The Kier molecular flexibility index (Phi) is 6.17. The van der Waals surface area contributed by atoms with Crippen molar-refractivity contribution in [3.05, 3.63) is 0 Å². The van der Waals surface area contributed by atoms with Crippen LogP contribution in [0.5, 0.6) is 0 Å². The predicted octanol–water partition coefficient (Wildman–Crippen LogP) is 2.38. The largest absolute Gasteiger partial charge is 0.481 e. The van der Waals surface area contributed by atoms with Gasteiger partial charge in [-0.05, 0) is 30.3 Å². The second-order valence-corrected chi connectivity index (χ2v) is 6.80. The molecule has 2 atom stereocenters. The lowest BCUT2D eigenvalue weighted by Gasteiger charge is -2.06. The molecule has 1 amide bonds. The van der Waals surface area contributed by atoms with Crippen molar-refractivity contribution in [2.75, 3.05) is 18.6 Å². The number of hydrogen-bond acceptors (Lipinski definition) is 3. The molecule has 1 aliphatic rings. The van der Waals surface area contributed by atoms with E-state index < -0.39 is 17.3 Å². The Balaban J connectivity index is 2.14. The minimum absolute atomic E-state index is 0.0958. The molecule has 0 heterocycles. The molecule has 1 aliphatic carbocycles. The van der Waals surface area contributed by atoms with Gasteiger partial charge in [-0.15, -0.1) is 0 Å². The van der Waals surface area contributed by atoms with Crippen LogP contribution in [0.25, 0.3) is 0 Å². The van der Waals surface area contributed by atoms with Crippen LogP contribution in [0, 0.1) is 17.3 Å². The average molecular weight is 287 g/mol. The van der Waals surface area contributed by atoms with Crippen LogP contribution in [0.4, 0.5) is 0 Å². The first-order valence-corrected chi connectivity index (χ1v) is 8.31. The number of amides is 1. The molecule has 4 nitrogen and oxygen atoms in total. The van der Waals surface area contributed by atoms with Crippen molar-refractivity contribution in [1.29, 1.82) is 0 Å². The van der Waals surface area contributed by atoms with Gasteiger partial charge in [-0.1, -0.05) is 26.7 Å². The fourth-order valence-electron chi connectivity index (χ4n) is 2.63. The number of carbonyl (C=O) groups is 2. The first kappa shape index (κ1) is 16.3. The Morgan fingerprint density at radius 2 is 1.79 bits per heavy atom. The van der Waals surface area contributed by atoms with Gasteiger partial charge in [0, 0.05) is 6.54 Å². The van der Waals surface area contributed by atoms with Gasteiger partial charge in [0.25, 0.3) is 0 Å². The molecule has 5 heteroatoms. The molecule has 19 heavy (non-hydrogen) atoms. The van der Waals surface area contributed by atoms with Gasteiger partial charge >= 0.3 is 5.97 Å². The highest BCUT2D eigenvalue weighted by Gasteiger charge is 2.65. The lowest BCUT2D eigenvalue weighted by Crippen LogP contribution is -2.28. The maximum Gasteiger partial charge on any atom is 0.307 e. The summed E-state index contributed by atoms with van der Waals surface area (Å²) in [6, 6.07) is 0. The van der Waals surface area contributed by atoms with E-state index in [4.69, 9.17) is 5.11 Å². The van der Waals surface area contributed by atoms with Crippen molar-refractivity contribution in [3.8, 4) is 0 Å². The normalized spacial score (nSPS) is 23.9. The van der Waals surface area contributed by atoms with Crippen LogP contribution >= 0.6 is 11.8 Å². The molecule has 1 saturated carbocycles. The van der Waals surface area contributed by atoms with Crippen molar-refractivity contribution in [3.63, 3.8) is 0 Å². The summed E-state index contributed by atoms with van der Waals surface area (Å²) in [7, 11) is 0. The highest BCUT2D eigenvalue weighted by Crippen LogP contribution is 2.58. The van der Waals surface area contributed by atoms with Gasteiger partial charge in [0.15, 0.2) is 0 Å². The van der Waals surface area contributed by atoms with Crippen LogP contribution in [0.2, 0.25) is 0 Å². The van der Waals surface area contributed by atoms with Gasteiger partial charge in [0.1, 0.15) is 0 Å². The summed E-state index contributed by atoms with van der Waals surface area (Å²) in [4.78, 5) is 22.9. The molecular weight excluding hydrogens is 262 g/mol. The molecule has 0 aromatic carbocycles. The van der Waals surface area contributed by atoms with Gasteiger partial charge in [0.2, 0.25) is 5.91 Å². The van der Waals surface area contributed by atoms with E-state index >= 15 is 0 Å². The highest BCUT2D eigenvalue weighted by atomic mass is 32.2. The van der Waals surface area contributed by atoms with Gasteiger partial charge in [-0.2, -0.15) is 11.8 Å². The van der Waals surface area contributed by atoms with E-state index in [2.05, 4.69) is 11.6 Å². The number of carboxylic acids is 1. The van der Waals surface area contributed by atoms with E-state index in [1.54, 1.807) is 0 Å². The van der Waals surface area contributed by atoms with Crippen molar-refractivity contribution in [2.45, 2.75) is 39.5 Å². The number of nitrogens with one attached hydrogen (secondary N) is 1. The SMILES string of the molecule is CSCCCCCCNC(=O)C1C(C(=O)O)C1(C)C. The summed E-state index contributed by atoms with van der Waals surface area (Å²) >= 11 is 1.86. The van der Waals surface area contributed by atoms with Crippen LogP contribution in [0.3, 0.4) is 0 Å². The zero-order valence-corrected chi connectivity index (χ0v) is 12.9. The fraction of sp³-hybridized carbons (Fsp3) is 0.857. The molecule has 0 aromatic heterocycles. The summed E-state index contributed by atoms with van der Waals surface area (Å²) in [5.41, 5.74) is -0.395. The number of thioether (sulfide) groups is 1. The molecule has 0 aliphatic heterocycles. The summed E-state index contributed by atoms with van der Waals surface area (Å²) in [6.07, 6.45) is 6.63. The number of unbranched alkanes of at least 4 members (excludes halogenated alkanes) is 3. The van der Waals surface area contributed by atoms with Crippen molar-refractivity contribution in [1.82, 2.24) is 5.32 Å². The molecule has 0 bridgehead atoms. The molecule has 1 fully saturated rings. The van der Waals surface area contributed by atoms with Crippen LogP contribution in [0.1, 0.15) is 39.5 Å². The Labute approximate surface area is 119 Å². The Bertz CT molecular complexity index is 331. The molecule has 1 rings (SSSR count). The Morgan fingerprint density at radius 1 is 1.16 bits per heavy atom. The van der Waals surface area contributed by atoms with Crippen LogP contribution in [-0.4, -0.2) is 35.5 Å². The third kappa shape index (κ3) is 4.41. The molecule has 0 spiro atoms. The minimum atomic E-state index is -0.859. The molecule has 0 radical (unpaired) electrons. The number of hydrogen-bond donors (Lipinski definition) is 2. The summed E-state index contributed by atoms with van der Waals surface area (Å²) in [5.74, 6) is -0.637. The first-order valence-electron chi connectivity index (χ1n) is 6.92. The van der Waals surface area contributed by atoms with Gasteiger partial charge in [0.05, 0.1) is 11.8 Å². The lowest BCUT2D eigenvalue weighted by atomic mass is 10.1. The van der Waals surface area contributed by atoms with Gasteiger partial charge in [-0.3, -0.25) is 9.59 Å². The molecule has 2 N–H and O–H groups in total. The summed E-state index contributed by atoms with van der Waals surface area (Å²) in [5, 5.41) is 11.9. The first-order chi connectivity index (χ1) is 8.92. The molecule has 0 saturated heterocycles. The fourth-order valence-corrected chi connectivity index (χ4v) is 3.13. The molecule has 0 aromatic rings. The zero-order valence-electron chi connectivity index (χ0n) is 12.1. The van der Waals surface area contributed by atoms with Crippen LogP contribution < -0.4 is 5.32 Å². The van der Waals surface area contributed by atoms with E-state index in [1.165, 1.54) is 18.6 Å². The quantitative estimate of drug-likeness (QED) is 0.639. The van der Waals surface area contributed by atoms with E-state index in [9.17, 15) is 9.59 Å². The van der Waals surface area contributed by atoms with Crippen LogP contribution in [-0.2, 0) is 9.59 Å². The predicted molar refractivity (Wildman–Crippen MR) is 78.3 cm³/mol. The standard InChI is InChI=1S/C14H25NO3S/c1-14(2)10(11(14)13(17)18)12(16)15-8-6-4-5-7-9-19-3/h10-11H,4-9H2,1-3H3,(H,15,16)(H,17,18). The summed E-state index contributed by atoms with van der Waals surface area (Å²) < 4.78 is 0. The average Bonchev–Trinajstić information content (AvgIpc) is 2.91. The van der Waals surface area contributed by atoms with E-state index in [0.29, 0.717) is 6.54 Å². The maximum atomic E-state index is 11.9. The maximum absolute atomic E-state index is 11.9. The third-order valence-corrected chi connectivity index (χ3v) is 4.65. The van der Waals surface area contributed by atoms with E-state index in [-0.39, 0.29) is 11.8 Å². The second-order valence-electron chi connectivity index (χ2n) is 5.81. The number of carbonyl (C=O) groups excluding carboxylic acids is 1. The lowest BCUT2D eigenvalue weighted by molar-refractivity contribution is -0.140. The van der Waals surface area contributed by atoms with Crippen molar-refractivity contribution < 1.29 is 14.7 Å². The second kappa shape index (κ2) is 7.17. The van der Waals surface area contributed by atoms with Gasteiger partial charge < -0.3 is 10.4 Å². The minimum Gasteiger partial charge on any atom is -0.481 e. The molecular formula is C14H25NO3S. The monoisotopic (exact) mass is 287 g/mol. The van der Waals surface area contributed by atoms with E-state index in [0.717, 1.165) is 12.8 Å². The van der Waals surface area contributed by atoms with Crippen molar-refractivity contribution in [2.24, 2.45) is 17.3 Å². The third-order valence-electron chi connectivity index (χ3n) is 3.95.